The molecule has 2 aromatic rings. The summed E-state index contributed by atoms with van der Waals surface area (Å²) in [5, 5.41) is 4.96. The van der Waals surface area contributed by atoms with E-state index in [1.807, 2.05) is 0 Å². The predicted molar refractivity (Wildman–Crippen MR) is 110 cm³/mol. The third-order valence-corrected chi connectivity index (χ3v) is 6.70. The predicted octanol–water partition coefficient (Wildman–Crippen LogP) is 2.77. The topological polar surface area (TPSA) is 105 Å². The van der Waals surface area contributed by atoms with E-state index in [0.29, 0.717) is 11.3 Å². The number of benzene rings is 2. The van der Waals surface area contributed by atoms with Crippen molar-refractivity contribution in [3.63, 3.8) is 0 Å². The third kappa shape index (κ3) is 4.40. The Kier molecular flexibility index (Phi) is 6.02. The molecule has 1 heterocycles. The fourth-order valence-electron chi connectivity index (χ4n) is 2.85. The van der Waals surface area contributed by atoms with Gasteiger partial charge in [-0.3, -0.25) is 9.59 Å². The number of aryl methyl sites for hydroxylation is 1. The van der Waals surface area contributed by atoms with Gasteiger partial charge >= 0.3 is 0 Å². The highest BCUT2D eigenvalue weighted by Crippen LogP contribution is 2.35. The van der Waals surface area contributed by atoms with Gasteiger partial charge in [-0.15, -0.1) is 0 Å². The molecule has 0 aromatic heterocycles. The van der Waals surface area contributed by atoms with Crippen molar-refractivity contribution < 1.29 is 27.1 Å². The van der Waals surface area contributed by atoms with Crippen molar-refractivity contribution >= 4 is 44.8 Å². The maximum atomic E-state index is 13.2. The van der Waals surface area contributed by atoms with Crippen LogP contribution in [0.4, 0.5) is 15.8 Å². The van der Waals surface area contributed by atoms with Crippen LogP contribution in [0.5, 0.6) is 5.75 Å². The number of rotatable bonds is 5. The molecule has 160 valence electrons. The molecular weight excluding hydrogens is 437 g/mol. The molecule has 1 aliphatic rings. The molecule has 1 unspecified atom stereocenters. The number of carbonyl (C=O) groups excluding carboxylic acids is 2. The number of carbonyl (C=O) groups is 2. The van der Waals surface area contributed by atoms with Crippen LogP contribution in [0.15, 0.2) is 35.2 Å². The third-order valence-electron chi connectivity index (χ3n) is 4.47. The minimum atomic E-state index is -4.04. The Hall–Kier alpha value is -2.69. The Morgan fingerprint density at radius 2 is 2.03 bits per heavy atom. The minimum absolute atomic E-state index is 0.0512. The van der Waals surface area contributed by atoms with Gasteiger partial charge in [0.05, 0.1) is 22.2 Å². The zero-order chi connectivity index (χ0) is 22.2. The zero-order valence-electron chi connectivity index (χ0n) is 16.3. The molecule has 0 saturated heterocycles. The van der Waals surface area contributed by atoms with Crippen molar-refractivity contribution in [1.29, 1.82) is 0 Å². The quantitative estimate of drug-likeness (QED) is 0.721. The van der Waals surface area contributed by atoms with Crippen LogP contribution in [-0.2, 0) is 19.6 Å². The molecule has 2 amide bonds. The van der Waals surface area contributed by atoms with Crippen LogP contribution in [0.1, 0.15) is 12.5 Å². The molecule has 2 aromatic carbocycles. The Morgan fingerprint density at radius 1 is 1.33 bits per heavy atom. The van der Waals surface area contributed by atoms with E-state index in [9.17, 15) is 22.4 Å². The van der Waals surface area contributed by atoms with Crippen LogP contribution in [-0.4, -0.2) is 44.2 Å². The number of nitrogens with zero attached hydrogens (tertiary/aromatic N) is 1. The first-order chi connectivity index (χ1) is 14.0. The van der Waals surface area contributed by atoms with E-state index in [2.05, 4.69) is 10.6 Å². The van der Waals surface area contributed by atoms with Gasteiger partial charge in [-0.2, -0.15) is 4.31 Å². The van der Waals surface area contributed by atoms with E-state index in [-0.39, 0.29) is 27.3 Å². The van der Waals surface area contributed by atoms with Crippen molar-refractivity contribution in [3.8, 4) is 5.75 Å². The Balaban J connectivity index is 1.79. The molecule has 0 aliphatic carbocycles. The van der Waals surface area contributed by atoms with Crippen LogP contribution >= 0.6 is 11.6 Å². The molecule has 0 radical (unpaired) electrons. The number of fused-ring (bicyclic) bond motifs is 1. The van der Waals surface area contributed by atoms with E-state index >= 15 is 0 Å². The summed E-state index contributed by atoms with van der Waals surface area (Å²) in [6, 6.07) is 6.46. The summed E-state index contributed by atoms with van der Waals surface area (Å²) in [4.78, 5) is 23.9. The maximum Gasteiger partial charge on any atom is 0.265 e. The Labute approximate surface area is 178 Å². The lowest BCUT2D eigenvalue weighted by molar-refractivity contribution is -0.122. The molecule has 0 saturated carbocycles. The van der Waals surface area contributed by atoms with Crippen LogP contribution in [0, 0.1) is 12.7 Å². The van der Waals surface area contributed by atoms with Crippen LogP contribution in [0.25, 0.3) is 0 Å². The van der Waals surface area contributed by atoms with Gasteiger partial charge in [0.25, 0.3) is 5.91 Å². The molecule has 0 bridgehead atoms. The van der Waals surface area contributed by atoms with Crippen LogP contribution in [0.3, 0.4) is 0 Å². The van der Waals surface area contributed by atoms with Crippen LogP contribution in [0.2, 0.25) is 5.02 Å². The second-order valence-corrected chi connectivity index (χ2v) is 9.22. The zero-order valence-corrected chi connectivity index (χ0v) is 17.9. The van der Waals surface area contributed by atoms with Gasteiger partial charge < -0.3 is 15.4 Å². The number of amides is 2. The Bertz CT molecular complexity index is 1140. The summed E-state index contributed by atoms with van der Waals surface area (Å²) in [6.07, 6.45) is -0.762. The van der Waals surface area contributed by atoms with Gasteiger partial charge in [-0.1, -0.05) is 11.6 Å². The lowest BCUT2D eigenvalue weighted by Gasteiger charge is -2.25. The summed E-state index contributed by atoms with van der Waals surface area (Å²) in [5.41, 5.74) is 0.994. The lowest BCUT2D eigenvalue weighted by atomic mass is 10.1. The highest BCUT2D eigenvalue weighted by molar-refractivity contribution is 7.89. The van der Waals surface area contributed by atoms with Gasteiger partial charge in [0.2, 0.25) is 15.9 Å². The SMILES string of the molecule is Cc1cc2c(cc1S(=O)(=O)N(C)CC(=O)Nc1ccc(F)c(Cl)c1)OC(C)C(=O)N2. The average Bonchev–Trinajstić information content (AvgIpc) is 2.65. The smallest absolute Gasteiger partial charge is 0.265 e. The normalized spacial score (nSPS) is 15.9. The number of ether oxygens (including phenoxy) is 1. The van der Waals surface area contributed by atoms with Gasteiger partial charge in [-0.25, -0.2) is 12.8 Å². The molecule has 2 N–H and O–H groups in total. The standard InChI is InChI=1S/C19H19ClFN3O5S/c1-10-6-15-16(29-11(2)19(26)23-15)8-17(10)30(27,28)24(3)9-18(25)22-12-4-5-14(21)13(20)7-12/h4-8,11H,9H2,1-3H3,(H,22,25)(H,23,26). The summed E-state index contributed by atoms with van der Waals surface area (Å²) in [5.74, 6) is -1.36. The maximum absolute atomic E-state index is 13.2. The molecule has 11 heteroatoms. The van der Waals surface area contributed by atoms with Crippen molar-refractivity contribution in [3.05, 3.63) is 46.7 Å². The summed E-state index contributed by atoms with van der Waals surface area (Å²) in [7, 11) is -2.78. The Morgan fingerprint density at radius 3 is 2.70 bits per heavy atom. The average molecular weight is 456 g/mol. The van der Waals surface area contributed by atoms with Crippen LogP contribution < -0.4 is 15.4 Å². The molecular formula is C19H19ClFN3O5S. The molecule has 8 nitrogen and oxygen atoms in total. The number of sulfonamides is 1. The van der Waals surface area contributed by atoms with Crippen molar-refractivity contribution in [2.75, 3.05) is 24.2 Å². The van der Waals surface area contributed by atoms with E-state index in [1.54, 1.807) is 13.8 Å². The summed E-state index contributed by atoms with van der Waals surface area (Å²) in [6.45, 7) is 2.64. The fourth-order valence-corrected chi connectivity index (χ4v) is 4.38. The van der Waals surface area contributed by atoms with Gasteiger partial charge in [0, 0.05) is 18.8 Å². The first-order valence-electron chi connectivity index (χ1n) is 8.82. The number of likely N-dealkylation sites (N-methyl/N-ethyl adjacent to an activating group) is 1. The van der Waals surface area contributed by atoms with Gasteiger partial charge in [-0.05, 0) is 43.7 Å². The lowest BCUT2D eigenvalue weighted by Crippen LogP contribution is -2.36. The highest BCUT2D eigenvalue weighted by Gasteiger charge is 2.30. The monoisotopic (exact) mass is 455 g/mol. The minimum Gasteiger partial charge on any atom is -0.479 e. The van der Waals surface area contributed by atoms with Crippen molar-refractivity contribution in [1.82, 2.24) is 4.31 Å². The summed E-state index contributed by atoms with van der Waals surface area (Å²) < 4.78 is 45.6. The largest absolute Gasteiger partial charge is 0.479 e. The van der Waals surface area contributed by atoms with E-state index in [4.69, 9.17) is 16.3 Å². The van der Waals surface area contributed by atoms with E-state index in [0.717, 1.165) is 10.4 Å². The second-order valence-electron chi connectivity index (χ2n) is 6.80. The van der Waals surface area contributed by atoms with E-state index in [1.165, 1.54) is 31.3 Å². The molecule has 0 fully saturated rings. The van der Waals surface area contributed by atoms with E-state index < -0.39 is 34.4 Å². The fraction of sp³-hybridized carbons (Fsp3) is 0.263. The van der Waals surface area contributed by atoms with Gasteiger partial charge in [0.1, 0.15) is 11.6 Å². The number of halogens is 2. The number of nitrogens with one attached hydrogen (secondary N) is 2. The van der Waals surface area contributed by atoms with Gasteiger partial charge in [0.15, 0.2) is 6.10 Å². The number of hydrogen-bond acceptors (Lipinski definition) is 5. The molecule has 3 rings (SSSR count). The second kappa shape index (κ2) is 8.21. The molecule has 1 atom stereocenters. The molecule has 30 heavy (non-hydrogen) atoms. The van der Waals surface area contributed by atoms with Crippen molar-refractivity contribution in [2.45, 2.75) is 24.8 Å². The summed E-state index contributed by atoms with van der Waals surface area (Å²) >= 11 is 5.68. The number of hydrogen-bond donors (Lipinski definition) is 2. The first kappa shape index (κ1) is 22.0. The number of anilines is 2. The molecule has 1 aliphatic heterocycles. The van der Waals surface area contributed by atoms with Crippen molar-refractivity contribution in [2.24, 2.45) is 0 Å². The first-order valence-corrected chi connectivity index (χ1v) is 10.6. The molecule has 0 spiro atoms. The highest BCUT2D eigenvalue weighted by atomic mass is 35.5.